The molecule has 1 aromatic carbocycles. The summed E-state index contributed by atoms with van der Waals surface area (Å²) in [4.78, 5) is 13.8. The number of benzene rings is 1. The molecule has 0 radical (unpaired) electrons. The second-order valence-corrected chi connectivity index (χ2v) is 5.03. The van der Waals surface area contributed by atoms with Crippen molar-refractivity contribution >= 4 is 5.91 Å². The van der Waals surface area contributed by atoms with Crippen molar-refractivity contribution in [2.24, 2.45) is 0 Å². The van der Waals surface area contributed by atoms with Crippen LogP contribution >= 0.6 is 0 Å². The molecular weight excluding hydrogens is 265 g/mol. The summed E-state index contributed by atoms with van der Waals surface area (Å²) < 4.78 is 24.9. The van der Waals surface area contributed by atoms with E-state index in [1.54, 1.807) is 0 Å². The number of carbonyl (C=O) groups excluding carboxylic acids is 1. The summed E-state index contributed by atoms with van der Waals surface area (Å²) in [6.07, 6.45) is 1.13. The van der Waals surface area contributed by atoms with Crippen molar-refractivity contribution in [3.05, 3.63) is 29.6 Å². The summed E-state index contributed by atoms with van der Waals surface area (Å²) in [6, 6.07) is 3.85. The molecule has 1 amide bonds. The van der Waals surface area contributed by atoms with Gasteiger partial charge < -0.3 is 19.5 Å². The fourth-order valence-corrected chi connectivity index (χ4v) is 2.72. The molecule has 2 heterocycles. The van der Waals surface area contributed by atoms with Crippen LogP contribution in [0.3, 0.4) is 0 Å². The molecule has 2 fully saturated rings. The number of rotatable bonds is 1. The van der Waals surface area contributed by atoms with E-state index in [-0.39, 0.29) is 11.3 Å². The summed E-state index contributed by atoms with van der Waals surface area (Å²) >= 11 is 0. The lowest BCUT2D eigenvalue weighted by atomic mass is 10.0. The van der Waals surface area contributed by atoms with Crippen molar-refractivity contribution in [1.29, 1.82) is 0 Å². The van der Waals surface area contributed by atoms with E-state index in [1.165, 1.54) is 23.1 Å². The van der Waals surface area contributed by atoms with Crippen LogP contribution < -0.4 is 0 Å². The number of piperidine rings is 1. The number of amides is 1. The van der Waals surface area contributed by atoms with Gasteiger partial charge in [0.15, 0.2) is 5.79 Å². The number of nitrogens with zero attached hydrogens (tertiary/aromatic N) is 1. The van der Waals surface area contributed by atoms with Gasteiger partial charge in [-0.15, -0.1) is 0 Å². The molecular formula is C14H16FNO4. The fourth-order valence-electron chi connectivity index (χ4n) is 2.72. The number of aromatic hydroxyl groups is 1. The maximum Gasteiger partial charge on any atom is 0.260 e. The zero-order valence-electron chi connectivity index (χ0n) is 11.0. The fraction of sp³-hybridized carbons (Fsp3) is 0.500. The van der Waals surface area contributed by atoms with E-state index in [2.05, 4.69) is 0 Å². The molecule has 0 unspecified atom stereocenters. The molecule has 108 valence electrons. The van der Waals surface area contributed by atoms with E-state index in [9.17, 15) is 14.3 Å². The van der Waals surface area contributed by atoms with E-state index in [1.807, 2.05) is 0 Å². The van der Waals surface area contributed by atoms with E-state index < -0.39 is 17.5 Å². The molecule has 20 heavy (non-hydrogen) atoms. The van der Waals surface area contributed by atoms with Gasteiger partial charge in [-0.1, -0.05) is 6.07 Å². The van der Waals surface area contributed by atoms with Crippen LogP contribution in [-0.4, -0.2) is 48.0 Å². The molecule has 3 rings (SSSR count). The predicted molar refractivity (Wildman–Crippen MR) is 67.8 cm³/mol. The van der Waals surface area contributed by atoms with Crippen molar-refractivity contribution < 1.29 is 23.8 Å². The Morgan fingerprint density at radius 3 is 2.50 bits per heavy atom. The third-order valence-corrected chi connectivity index (χ3v) is 3.83. The van der Waals surface area contributed by atoms with Gasteiger partial charge in [-0.25, -0.2) is 4.39 Å². The topological polar surface area (TPSA) is 59.0 Å². The molecule has 2 saturated heterocycles. The number of phenolic OH excluding ortho intramolecular Hbond substituents is 1. The van der Waals surface area contributed by atoms with Crippen LogP contribution in [0.4, 0.5) is 4.39 Å². The summed E-state index contributed by atoms with van der Waals surface area (Å²) in [5.74, 6) is -2.10. The first-order chi connectivity index (χ1) is 9.61. The zero-order valence-corrected chi connectivity index (χ0v) is 11.0. The minimum Gasteiger partial charge on any atom is -0.507 e. The Morgan fingerprint density at radius 1 is 1.25 bits per heavy atom. The smallest absolute Gasteiger partial charge is 0.260 e. The lowest BCUT2D eigenvalue weighted by Gasteiger charge is -2.37. The molecule has 5 nitrogen and oxygen atoms in total. The van der Waals surface area contributed by atoms with Crippen molar-refractivity contribution in [2.75, 3.05) is 26.3 Å². The summed E-state index contributed by atoms with van der Waals surface area (Å²) in [7, 11) is 0. The maximum absolute atomic E-state index is 13.7. The molecule has 1 N–H and O–H groups in total. The number of phenols is 1. The van der Waals surface area contributed by atoms with Gasteiger partial charge in [0.05, 0.1) is 13.2 Å². The summed E-state index contributed by atoms with van der Waals surface area (Å²) in [5.41, 5.74) is -0.267. The Bertz CT molecular complexity index is 498. The third kappa shape index (κ3) is 2.25. The molecule has 0 bridgehead atoms. The average molecular weight is 281 g/mol. The van der Waals surface area contributed by atoms with E-state index >= 15 is 0 Å². The maximum atomic E-state index is 13.7. The standard InChI is InChI=1S/C14H16FNO4/c15-10-2-1-3-11(17)12(10)13(18)16-6-4-14(5-7-16)19-8-9-20-14/h1-3,17H,4-9H2. The zero-order chi connectivity index (χ0) is 14.2. The molecule has 1 aromatic rings. The predicted octanol–water partition coefficient (Wildman–Crippen LogP) is 1.51. The second-order valence-electron chi connectivity index (χ2n) is 5.03. The van der Waals surface area contributed by atoms with Crippen LogP contribution in [0.5, 0.6) is 5.75 Å². The highest BCUT2D eigenvalue weighted by molar-refractivity contribution is 5.97. The van der Waals surface area contributed by atoms with Gasteiger partial charge in [0.2, 0.25) is 0 Å². The van der Waals surface area contributed by atoms with Crippen LogP contribution in [-0.2, 0) is 9.47 Å². The van der Waals surface area contributed by atoms with Crippen LogP contribution in [0.1, 0.15) is 23.2 Å². The Balaban J connectivity index is 1.73. The second kappa shape index (κ2) is 5.03. The number of hydrogen-bond acceptors (Lipinski definition) is 4. The number of hydrogen-bond donors (Lipinski definition) is 1. The van der Waals surface area contributed by atoms with Crippen molar-refractivity contribution in [3.8, 4) is 5.75 Å². The Labute approximate surface area is 115 Å². The SMILES string of the molecule is O=C(c1c(O)cccc1F)N1CCC2(CC1)OCCO2. The van der Waals surface area contributed by atoms with Gasteiger partial charge in [-0.3, -0.25) is 4.79 Å². The normalized spacial score (nSPS) is 21.4. The molecule has 0 saturated carbocycles. The quantitative estimate of drug-likeness (QED) is 0.847. The van der Waals surface area contributed by atoms with Crippen LogP contribution in [0, 0.1) is 5.82 Å². The lowest BCUT2D eigenvalue weighted by Crippen LogP contribution is -2.47. The van der Waals surface area contributed by atoms with Crippen molar-refractivity contribution in [2.45, 2.75) is 18.6 Å². The van der Waals surface area contributed by atoms with Crippen molar-refractivity contribution in [1.82, 2.24) is 4.90 Å². The molecule has 2 aliphatic rings. The Morgan fingerprint density at radius 2 is 1.90 bits per heavy atom. The van der Waals surface area contributed by atoms with Gasteiger partial charge in [0, 0.05) is 25.9 Å². The first-order valence-corrected chi connectivity index (χ1v) is 6.66. The molecule has 0 atom stereocenters. The Kier molecular flexibility index (Phi) is 3.35. The van der Waals surface area contributed by atoms with Gasteiger partial charge in [0.1, 0.15) is 17.1 Å². The Hall–Kier alpha value is -1.66. The number of likely N-dealkylation sites (tertiary alicyclic amines) is 1. The lowest BCUT2D eigenvalue weighted by molar-refractivity contribution is -0.181. The largest absolute Gasteiger partial charge is 0.507 e. The van der Waals surface area contributed by atoms with E-state index in [0.29, 0.717) is 39.1 Å². The molecule has 0 aromatic heterocycles. The van der Waals surface area contributed by atoms with Crippen LogP contribution in [0.2, 0.25) is 0 Å². The van der Waals surface area contributed by atoms with Crippen LogP contribution in [0.15, 0.2) is 18.2 Å². The summed E-state index contributed by atoms with van der Waals surface area (Å²) in [5, 5.41) is 9.66. The third-order valence-electron chi connectivity index (χ3n) is 3.83. The van der Waals surface area contributed by atoms with Crippen LogP contribution in [0.25, 0.3) is 0 Å². The van der Waals surface area contributed by atoms with Crippen molar-refractivity contribution in [3.63, 3.8) is 0 Å². The number of ether oxygens (including phenoxy) is 2. The first kappa shape index (κ1) is 13.3. The monoisotopic (exact) mass is 281 g/mol. The highest BCUT2D eigenvalue weighted by Crippen LogP contribution is 2.32. The van der Waals surface area contributed by atoms with Gasteiger partial charge >= 0.3 is 0 Å². The first-order valence-electron chi connectivity index (χ1n) is 6.66. The minimum absolute atomic E-state index is 0.267. The van der Waals surface area contributed by atoms with Gasteiger partial charge in [0.25, 0.3) is 5.91 Å². The molecule has 6 heteroatoms. The average Bonchev–Trinajstić information content (AvgIpc) is 2.87. The highest BCUT2D eigenvalue weighted by Gasteiger charge is 2.41. The van der Waals surface area contributed by atoms with Gasteiger partial charge in [-0.05, 0) is 12.1 Å². The minimum atomic E-state index is -0.705. The molecule has 0 aliphatic carbocycles. The van der Waals surface area contributed by atoms with Gasteiger partial charge in [-0.2, -0.15) is 0 Å². The number of carbonyl (C=O) groups is 1. The van der Waals surface area contributed by atoms with E-state index in [4.69, 9.17) is 9.47 Å². The van der Waals surface area contributed by atoms with E-state index in [0.717, 1.165) is 0 Å². The summed E-state index contributed by atoms with van der Waals surface area (Å²) in [6.45, 7) is 1.99. The number of halogens is 1. The highest BCUT2D eigenvalue weighted by atomic mass is 19.1. The molecule has 2 aliphatic heterocycles. The molecule has 1 spiro atoms.